The van der Waals surface area contributed by atoms with Gasteiger partial charge in [0.2, 0.25) is 0 Å². The molecule has 3 N–H and O–H groups in total. The van der Waals surface area contributed by atoms with Crippen molar-refractivity contribution in [3.05, 3.63) is 71.1 Å². The van der Waals surface area contributed by atoms with E-state index in [2.05, 4.69) is 58.9 Å². The van der Waals surface area contributed by atoms with E-state index in [0.29, 0.717) is 24.0 Å². The molecule has 2 atom stereocenters. The highest BCUT2D eigenvalue weighted by molar-refractivity contribution is 5.85. The van der Waals surface area contributed by atoms with Crippen LogP contribution < -0.4 is 10.6 Å². The van der Waals surface area contributed by atoms with Crippen LogP contribution in [0.4, 0.5) is 0 Å². The van der Waals surface area contributed by atoms with Crippen molar-refractivity contribution in [3.63, 3.8) is 0 Å². The Morgan fingerprint density at radius 3 is 2.48 bits per heavy atom. The van der Waals surface area contributed by atoms with Crippen molar-refractivity contribution < 1.29 is 9.90 Å². The lowest BCUT2D eigenvalue weighted by Gasteiger charge is -2.30. The van der Waals surface area contributed by atoms with Crippen LogP contribution in [0.15, 0.2) is 54.2 Å². The molecule has 0 amide bonds. The number of hydrogen-bond acceptors (Lipinski definition) is 4. The molecule has 1 aromatic carbocycles. The van der Waals surface area contributed by atoms with Crippen molar-refractivity contribution in [3.8, 4) is 0 Å². The Hall–Kier alpha value is -2.50. The molecular formula is C26H33N3O2. The molecule has 1 unspecified atom stereocenters. The van der Waals surface area contributed by atoms with Gasteiger partial charge in [-0.3, -0.25) is 0 Å². The predicted molar refractivity (Wildman–Crippen MR) is 124 cm³/mol. The van der Waals surface area contributed by atoms with Crippen LogP contribution in [0.25, 0.3) is 6.08 Å². The van der Waals surface area contributed by atoms with E-state index >= 15 is 0 Å². The van der Waals surface area contributed by atoms with Gasteiger partial charge >= 0.3 is 5.97 Å². The second-order valence-electron chi connectivity index (χ2n) is 8.89. The molecule has 1 heterocycles. The lowest BCUT2D eigenvalue weighted by molar-refractivity contribution is 0.0690. The average molecular weight is 420 g/mol. The van der Waals surface area contributed by atoms with Gasteiger partial charge in [-0.05, 0) is 61.6 Å². The van der Waals surface area contributed by atoms with Gasteiger partial charge in [-0.1, -0.05) is 55.0 Å². The summed E-state index contributed by atoms with van der Waals surface area (Å²) in [6, 6.07) is 15.9. The van der Waals surface area contributed by atoms with Crippen LogP contribution in [0.2, 0.25) is 0 Å². The Bertz CT molecular complexity index is 887. The monoisotopic (exact) mass is 419 g/mol. The van der Waals surface area contributed by atoms with E-state index in [4.69, 9.17) is 5.11 Å². The highest BCUT2D eigenvalue weighted by atomic mass is 16.4. The van der Waals surface area contributed by atoms with Gasteiger partial charge in [-0.15, -0.1) is 0 Å². The molecule has 2 saturated carbocycles. The molecule has 0 radical (unpaired) electrons. The summed E-state index contributed by atoms with van der Waals surface area (Å²) in [6.07, 6.45) is 11.2. The first kappa shape index (κ1) is 21.7. The molecule has 5 heteroatoms. The van der Waals surface area contributed by atoms with E-state index in [1.807, 2.05) is 6.07 Å². The third-order valence-electron chi connectivity index (χ3n) is 6.64. The van der Waals surface area contributed by atoms with Crippen LogP contribution in [-0.2, 0) is 6.54 Å². The molecule has 0 saturated heterocycles. The topological polar surface area (TPSA) is 74.2 Å². The number of rotatable bonds is 9. The third kappa shape index (κ3) is 6.02. The van der Waals surface area contributed by atoms with Gasteiger partial charge in [0.15, 0.2) is 0 Å². The molecule has 5 nitrogen and oxygen atoms in total. The van der Waals surface area contributed by atoms with Crippen molar-refractivity contribution in [2.75, 3.05) is 0 Å². The van der Waals surface area contributed by atoms with Crippen LogP contribution in [0.3, 0.4) is 0 Å². The average Bonchev–Trinajstić information content (AvgIpc) is 3.56. The van der Waals surface area contributed by atoms with E-state index in [9.17, 15) is 4.79 Å². The SMILES string of the molecule is CCC(=Cc1ccccc1)C1C[C@@H]1NC1CCC(NCc2ccc(C(=O)O)nc2)CC1. The van der Waals surface area contributed by atoms with Gasteiger partial charge in [0.1, 0.15) is 5.69 Å². The molecule has 0 bridgehead atoms. The van der Waals surface area contributed by atoms with E-state index in [1.165, 1.54) is 37.7 Å². The summed E-state index contributed by atoms with van der Waals surface area (Å²) in [7, 11) is 0. The summed E-state index contributed by atoms with van der Waals surface area (Å²) < 4.78 is 0. The standard InChI is InChI=1S/C26H33N3O2/c1-2-20(14-18-6-4-3-5-7-18)23-15-25(23)29-22-11-9-21(10-12-22)27-16-19-8-13-24(26(30)31)28-17-19/h3-8,13-14,17,21-23,25,27,29H,2,9-12,15-16H2,1H3,(H,30,31)/t21?,22?,23?,25-/m0/s1. The zero-order valence-corrected chi connectivity index (χ0v) is 18.3. The lowest BCUT2D eigenvalue weighted by atomic mass is 9.91. The van der Waals surface area contributed by atoms with E-state index in [0.717, 1.165) is 18.5 Å². The number of carboxylic acid groups (broad SMARTS) is 1. The zero-order valence-electron chi connectivity index (χ0n) is 18.3. The van der Waals surface area contributed by atoms with Crippen molar-refractivity contribution >= 4 is 12.0 Å². The minimum Gasteiger partial charge on any atom is -0.477 e. The van der Waals surface area contributed by atoms with Gasteiger partial charge < -0.3 is 15.7 Å². The van der Waals surface area contributed by atoms with Crippen LogP contribution in [0.5, 0.6) is 0 Å². The second kappa shape index (κ2) is 10.2. The summed E-state index contributed by atoms with van der Waals surface area (Å²) in [6.45, 7) is 3.01. The zero-order chi connectivity index (χ0) is 21.6. The number of nitrogens with one attached hydrogen (secondary N) is 2. The molecular weight excluding hydrogens is 386 g/mol. The van der Waals surface area contributed by atoms with Crippen molar-refractivity contribution in [1.82, 2.24) is 15.6 Å². The molecule has 2 aromatic rings. The molecule has 2 fully saturated rings. The minimum absolute atomic E-state index is 0.0959. The number of carbonyl (C=O) groups is 1. The summed E-state index contributed by atoms with van der Waals surface area (Å²) in [5, 5.41) is 16.5. The lowest BCUT2D eigenvalue weighted by Crippen LogP contribution is -2.40. The first-order valence-electron chi connectivity index (χ1n) is 11.6. The second-order valence-corrected chi connectivity index (χ2v) is 8.89. The van der Waals surface area contributed by atoms with Crippen molar-refractivity contribution in [1.29, 1.82) is 0 Å². The predicted octanol–water partition coefficient (Wildman–Crippen LogP) is 4.65. The maximum Gasteiger partial charge on any atom is 0.354 e. The Labute approximate surface area is 185 Å². The van der Waals surface area contributed by atoms with Crippen molar-refractivity contribution in [2.45, 2.75) is 70.1 Å². The normalized spacial score (nSPS) is 25.9. The smallest absolute Gasteiger partial charge is 0.354 e. The van der Waals surface area contributed by atoms with Gasteiger partial charge in [-0.2, -0.15) is 0 Å². The van der Waals surface area contributed by atoms with Crippen molar-refractivity contribution in [2.24, 2.45) is 5.92 Å². The fourth-order valence-corrected chi connectivity index (χ4v) is 4.71. The summed E-state index contributed by atoms with van der Waals surface area (Å²) in [5.74, 6) is -0.285. The fraction of sp³-hybridized carbons (Fsp3) is 0.462. The Morgan fingerprint density at radius 2 is 1.84 bits per heavy atom. The van der Waals surface area contributed by atoms with Crippen LogP contribution in [0, 0.1) is 5.92 Å². The number of carboxylic acids is 1. The first-order chi connectivity index (χ1) is 15.1. The van der Waals surface area contributed by atoms with Gasteiger partial charge in [0.05, 0.1) is 0 Å². The first-order valence-corrected chi connectivity index (χ1v) is 11.6. The molecule has 1 aromatic heterocycles. The van der Waals surface area contributed by atoms with Gasteiger partial charge in [0, 0.05) is 30.9 Å². The number of aromatic carboxylic acids is 1. The number of nitrogens with zero attached hydrogens (tertiary/aromatic N) is 1. The largest absolute Gasteiger partial charge is 0.477 e. The van der Waals surface area contributed by atoms with E-state index in [-0.39, 0.29) is 5.69 Å². The number of hydrogen-bond donors (Lipinski definition) is 3. The molecule has 164 valence electrons. The van der Waals surface area contributed by atoms with Crippen LogP contribution >= 0.6 is 0 Å². The highest BCUT2D eigenvalue weighted by Gasteiger charge is 2.40. The van der Waals surface area contributed by atoms with E-state index in [1.54, 1.807) is 17.8 Å². The van der Waals surface area contributed by atoms with E-state index < -0.39 is 5.97 Å². The summed E-state index contributed by atoms with van der Waals surface area (Å²) in [5.41, 5.74) is 4.01. The Balaban J connectivity index is 1.18. The van der Waals surface area contributed by atoms with Gasteiger partial charge in [0.25, 0.3) is 0 Å². The summed E-state index contributed by atoms with van der Waals surface area (Å²) in [4.78, 5) is 14.9. The van der Waals surface area contributed by atoms with Crippen LogP contribution in [-0.4, -0.2) is 34.2 Å². The number of pyridine rings is 1. The molecule has 0 spiro atoms. The maximum absolute atomic E-state index is 10.9. The molecule has 4 rings (SSSR count). The molecule has 2 aliphatic carbocycles. The van der Waals surface area contributed by atoms with Gasteiger partial charge in [-0.25, -0.2) is 9.78 Å². The quantitative estimate of drug-likeness (QED) is 0.552. The Morgan fingerprint density at radius 1 is 1.10 bits per heavy atom. The van der Waals surface area contributed by atoms with Crippen LogP contribution in [0.1, 0.15) is 67.1 Å². The molecule has 2 aliphatic rings. The molecule has 31 heavy (non-hydrogen) atoms. The fourth-order valence-electron chi connectivity index (χ4n) is 4.71. The number of benzene rings is 1. The maximum atomic E-state index is 10.9. The number of aromatic nitrogens is 1. The highest BCUT2D eigenvalue weighted by Crippen LogP contribution is 2.40. The Kier molecular flexibility index (Phi) is 7.15. The molecule has 0 aliphatic heterocycles. The third-order valence-corrected chi connectivity index (χ3v) is 6.64. The summed E-state index contributed by atoms with van der Waals surface area (Å²) >= 11 is 0. The minimum atomic E-state index is -0.982.